The molecule has 56 valence electrons. The lowest BCUT2D eigenvalue weighted by atomic mass is 9.83. The first-order valence-electron chi connectivity index (χ1n) is 3.63. The van der Waals surface area contributed by atoms with E-state index in [-0.39, 0.29) is 12.0 Å². The van der Waals surface area contributed by atoms with Crippen molar-refractivity contribution in [1.29, 1.82) is 0 Å². The van der Waals surface area contributed by atoms with Crippen LogP contribution in [0, 0.1) is 5.41 Å². The Morgan fingerprint density at radius 3 is 2.80 bits per heavy atom. The quantitative estimate of drug-likeness (QED) is 0.586. The molecule has 1 aliphatic rings. The van der Waals surface area contributed by atoms with Crippen molar-refractivity contribution < 1.29 is 5.11 Å². The molecule has 10 heavy (non-hydrogen) atoms. The molecule has 0 spiro atoms. The maximum Gasteiger partial charge on any atom is 0.0522 e. The van der Waals surface area contributed by atoms with E-state index in [0.29, 0.717) is 0 Å². The Bertz CT molecular complexity index is 179. The van der Waals surface area contributed by atoms with Gasteiger partial charge in [0.1, 0.15) is 0 Å². The molecule has 1 N–H and O–H groups in total. The second-order valence-electron chi connectivity index (χ2n) is 3.30. The summed E-state index contributed by atoms with van der Waals surface area (Å²) in [6.45, 7) is 4.38. The average Bonchev–Trinajstić information content (AvgIpc) is 1.96. The number of rotatable bonds is 1. The third-order valence-corrected chi connectivity index (χ3v) is 2.00. The highest BCUT2D eigenvalue weighted by molar-refractivity contribution is 5.24. The van der Waals surface area contributed by atoms with Gasteiger partial charge in [0.25, 0.3) is 0 Å². The molecule has 0 aromatic rings. The van der Waals surface area contributed by atoms with Crippen LogP contribution in [0.2, 0.25) is 0 Å². The number of aliphatic hydroxyl groups is 1. The molecule has 1 aliphatic carbocycles. The summed E-state index contributed by atoms with van der Waals surface area (Å²) < 4.78 is 0. The van der Waals surface area contributed by atoms with Crippen molar-refractivity contribution in [3.63, 3.8) is 0 Å². The van der Waals surface area contributed by atoms with Gasteiger partial charge in [-0.25, -0.2) is 0 Å². The predicted octanol–water partition coefficient (Wildman–Crippen LogP) is 1.89. The van der Waals surface area contributed by atoms with Crippen LogP contribution >= 0.6 is 0 Å². The molecule has 1 unspecified atom stereocenters. The van der Waals surface area contributed by atoms with Gasteiger partial charge >= 0.3 is 0 Å². The Labute approximate surface area is 62.1 Å². The largest absolute Gasteiger partial charge is 0.395 e. The molecule has 0 aromatic carbocycles. The van der Waals surface area contributed by atoms with E-state index < -0.39 is 0 Å². The number of allylic oxidation sites excluding steroid dienone is 3. The van der Waals surface area contributed by atoms with Crippen LogP contribution in [0.4, 0.5) is 0 Å². The van der Waals surface area contributed by atoms with Gasteiger partial charge in [0.15, 0.2) is 0 Å². The molecular weight excluding hydrogens is 124 g/mol. The molecule has 1 atom stereocenters. The second kappa shape index (κ2) is 2.59. The molecule has 0 amide bonds. The molecule has 0 bridgehead atoms. The van der Waals surface area contributed by atoms with Crippen LogP contribution in [0.25, 0.3) is 0 Å². The Morgan fingerprint density at radius 1 is 1.70 bits per heavy atom. The van der Waals surface area contributed by atoms with Crippen LogP contribution in [0.5, 0.6) is 0 Å². The Hall–Kier alpha value is -0.560. The first-order chi connectivity index (χ1) is 4.66. The minimum Gasteiger partial charge on any atom is -0.395 e. The fourth-order valence-corrected chi connectivity index (χ4v) is 0.980. The smallest absolute Gasteiger partial charge is 0.0522 e. The lowest BCUT2D eigenvalue weighted by Gasteiger charge is -2.24. The summed E-state index contributed by atoms with van der Waals surface area (Å²) >= 11 is 0. The summed E-state index contributed by atoms with van der Waals surface area (Å²) in [4.78, 5) is 0. The molecule has 0 aromatic heterocycles. The van der Waals surface area contributed by atoms with Crippen molar-refractivity contribution in [2.75, 3.05) is 6.61 Å². The van der Waals surface area contributed by atoms with Crippen molar-refractivity contribution in [3.8, 4) is 0 Å². The van der Waals surface area contributed by atoms with E-state index in [2.05, 4.69) is 32.1 Å². The van der Waals surface area contributed by atoms with Gasteiger partial charge in [0, 0.05) is 5.41 Å². The molecule has 1 nitrogen and oxygen atoms in total. The number of aliphatic hydroxyl groups excluding tert-OH is 1. The van der Waals surface area contributed by atoms with E-state index in [1.165, 1.54) is 5.57 Å². The van der Waals surface area contributed by atoms with Crippen LogP contribution in [-0.4, -0.2) is 11.7 Å². The summed E-state index contributed by atoms with van der Waals surface area (Å²) in [5.74, 6) is 0. The van der Waals surface area contributed by atoms with E-state index in [4.69, 9.17) is 5.11 Å². The van der Waals surface area contributed by atoms with Crippen molar-refractivity contribution in [3.05, 3.63) is 23.8 Å². The molecule has 1 heteroatoms. The van der Waals surface area contributed by atoms with Crippen molar-refractivity contribution in [2.45, 2.75) is 20.3 Å². The van der Waals surface area contributed by atoms with Crippen LogP contribution < -0.4 is 0 Å². The number of hydrogen-bond donors (Lipinski definition) is 1. The zero-order valence-corrected chi connectivity index (χ0v) is 6.59. The third-order valence-electron chi connectivity index (χ3n) is 2.00. The molecular formula is C9H14O. The van der Waals surface area contributed by atoms with Gasteiger partial charge in [0.05, 0.1) is 6.61 Å². The average molecular weight is 138 g/mol. The Kier molecular flexibility index (Phi) is 1.95. The van der Waals surface area contributed by atoms with Crippen LogP contribution in [0.1, 0.15) is 20.3 Å². The fourth-order valence-electron chi connectivity index (χ4n) is 0.980. The predicted molar refractivity (Wildman–Crippen MR) is 42.7 cm³/mol. The second-order valence-corrected chi connectivity index (χ2v) is 3.30. The third kappa shape index (κ3) is 1.48. The van der Waals surface area contributed by atoms with Crippen molar-refractivity contribution >= 4 is 0 Å². The zero-order valence-electron chi connectivity index (χ0n) is 6.59. The number of hydrogen-bond acceptors (Lipinski definition) is 1. The van der Waals surface area contributed by atoms with E-state index in [9.17, 15) is 0 Å². The van der Waals surface area contributed by atoms with Crippen LogP contribution in [-0.2, 0) is 0 Å². The monoisotopic (exact) mass is 138 g/mol. The zero-order chi connectivity index (χ0) is 7.61. The topological polar surface area (TPSA) is 20.2 Å². The van der Waals surface area contributed by atoms with Crippen LogP contribution in [0.3, 0.4) is 0 Å². The molecule has 1 rings (SSSR count). The van der Waals surface area contributed by atoms with Gasteiger partial charge in [0.2, 0.25) is 0 Å². The normalized spacial score (nSPS) is 32.1. The minimum atomic E-state index is -0.000486. The van der Waals surface area contributed by atoms with Crippen molar-refractivity contribution in [2.24, 2.45) is 5.41 Å². The van der Waals surface area contributed by atoms with Crippen molar-refractivity contribution in [1.82, 2.24) is 0 Å². The molecule has 0 saturated carbocycles. The highest BCUT2D eigenvalue weighted by Crippen LogP contribution is 2.27. The molecule has 0 aliphatic heterocycles. The molecule has 0 heterocycles. The highest BCUT2D eigenvalue weighted by Gasteiger charge is 2.19. The maximum atomic E-state index is 8.96. The molecule has 0 fully saturated rings. The van der Waals surface area contributed by atoms with E-state index >= 15 is 0 Å². The van der Waals surface area contributed by atoms with E-state index in [1.54, 1.807) is 0 Å². The molecule has 0 radical (unpaired) electrons. The van der Waals surface area contributed by atoms with E-state index in [0.717, 1.165) is 6.42 Å². The standard InChI is InChI=1S/C9H14O/c1-8-3-5-9(2,7-10)6-4-8/h3-5,10H,6-7H2,1-2H3. The van der Waals surface area contributed by atoms with Gasteiger partial charge in [-0.3, -0.25) is 0 Å². The maximum absolute atomic E-state index is 8.96. The van der Waals surface area contributed by atoms with E-state index in [1.807, 2.05) is 0 Å². The highest BCUT2D eigenvalue weighted by atomic mass is 16.3. The summed E-state index contributed by atoms with van der Waals surface area (Å²) in [5, 5.41) is 8.96. The van der Waals surface area contributed by atoms with Gasteiger partial charge in [-0.2, -0.15) is 0 Å². The Morgan fingerprint density at radius 2 is 2.40 bits per heavy atom. The first kappa shape index (κ1) is 7.55. The van der Waals surface area contributed by atoms with Gasteiger partial charge in [-0.05, 0) is 13.3 Å². The summed E-state index contributed by atoms with van der Waals surface area (Å²) in [5.41, 5.74) is 1.30. The van der Waals surface area contributed by atoms with Gasteiger partial charge in [-0.1, -0.05) is 30.7 Å². The molecule has 0 saturated heterocycles. The SMILES string of the molecule is CC1=CCC(C)(CO)C=C1. The summed E-state index contributed by atoms with van der Waals surface area (Å²) in [7, 11) is 0. The van der Waals surface area contributed by atoms with Gasteiger partial charge in [-0.15, -0.1) is 0 Å². The lowest BCUT2D eigenvalue weighted by molar-refractivity contribution is 0.185. The minimum absolute atomic E-state index is 0.000486. The first-order valence-corrected chi connectivity index (χ1v) is 3.63. The lowest BCUT2D eigenvalue weighted by Crippen LogP contribution is -2.19. The summed E-state index contributed by atoms with van der Waals surface area (Å²) in [6, 6.07) is 0. The van der Waals surface area contributed by atoms with Crippen LogP contribution in [0.15, 0.2) is 23.8 Å². The Balaban J connectivity index is 2.67. The summed E-state index contributed by atoms with van der Waals surface area (Å²) in [6.07, 6.45) is 7.28. The van der Waals surface area contributed by atoms with Gasteiger partial charge < -0.3 is 5.11 Å². The fraction of sp³-hybridized carbons (Fsp3) is 0.556.